The molecule has 0 aliphatic carbocycles. The van der Waals surface area contributed by atoms with E-state index in [1.807, 2.05) is 12.1 Å². The Morgan fingerprint density at radius 1 is 1.05 bits per heavy atom. The van der Waals surface area contributed by atoms with Crippen molar-refractivity contribution in [3.8, 4) is 11.3 Å². The van der Waals surface area contributed by atoms with Gasteiger partial charge in [0.05, 0.1) is 16.4 Å². The number of nitrogens with one attached hydrogen (secondary N) is 1. The predicted octanol–water partition coefficient (Wildman–Crippen LogP) is 2.47. The van der Waals surface area contributed by atoms with Crippen molar-refractivity contribution in [3.63, 3.8) is 0 Å². The molecule has 1 aliphatic heterocycles. The number of furan rings is 1. The molecule has 106 valence electrons. The monoisotopic (exact) mass is 291 g/mol. The van der Waals surface area contributed by atoms with E-state index >= 15 is 0 Å². The molecule has 1 N–H and O–H groups in total. The van der Waals surface area contributed by atoms with Crippen LogP contribution in [0.3, 0.4) is 0 Å². The Bertz CT molecular complexity index is 654. The molecule has 2 heterocycles. The molecular weight excluding hydrogens is 274 g/mol. The fourth-order valence-corrected chi connectivity index (χ4v) is 4.31. The molecule has 20 heavy (non-hydrogen) atoms. The van der Waals surface area contributed by atoms with Gasteiger partial charge in [0.1, 0.15) is 5.76 Å². The SMILES string of the molecule is O=S(=O)(c1ccc(-c2ccco2)cc1)C1CCNCC1. The minimum atomic E-state index is -3.22. The standard InChI is InChI=1S/C15H17NO3S/c17-20(18,14-7-9-16-10-8-14)13-5-3-12(4-6-13)15-2-1-11-19-15/h1-6,11,14,16H,7-10H2. The highest BCUT2D eigenvalue weighted by Crippen LogP contribution is 2.26. The number of hydrogen-bond acceptors (Lipinski definition) is 4. The fraction of sp³-hybridized carbons (Fsp3) is 0.333. The molecule has 4 nitrogen and oxygen atoms in total. The van der Waals surface area contributed by atoms with E-state index in [0.717, 1.165) is 24.4 Å². The van der Waals surface area contributed by atoms with E-state index < -0.39 is 9.84 Å². The maximum absolute atomic E-state index is 12.5. The van der Waals surface area contributed by atoms with Crippen LogP contribution in [0.4, 0.5) is 0 Å². The van der Waals surface area contributed by atoms with Crippen molar-refractivity contribution < 1.29 is 12.8 Å². The third-order valence-corrected chi connectivity index (χ3v) is 5.99. The first-order valence-corrected chi connectivity index (χ1v) is 8.31. The second-order valence-electron chi connectivity index (χ2n) is 5.00. The summed E-state index contributed by atoms with van der Waals surface area (Å²) >= 11 is 0. The molecule has 0 atom stereocenters. The smallest absolute Gasteiger partial charge is 0.181 e. The summed E-state index contributed by atoms with van der Waals surface area (Å²) in [5, 5.41) is 2.92. The molecule has 1 aromatic carbocycles. The Morgan fingerprint density at radius 3 is 2.35 bits per heavy atom. The largest absolute Gasteiger partial charge is 0.464 e. The zero-order chi connectivity index (χ0) is 14.0. The van der Waals surface area contributed by atoms with Crippen molar-refractivity contribution in [2.24, 2.45) is 0 Å². The Balaban J connectivity index is 1.87. The minimum absolute atomic E-state index is 0.266. The van der Waals surface area contributed by atoms with Crippen LogP contribution in [0.1, 0.15) is 12.8 Å². The lowest BCUT2D eigenvalue weighted by Gasteiger charge is -2.22. The number of benzene rings is 1. The Morgan fingerprint density at radius 2 is 1.75 bits per heavy atom. The van der Waals surface area contributed by atoms with Crippen molar-refractivity contribution in [1.29, 1.82) is 0 Å². The second kappa shape index (κ2) is 5.42. The molecule has 2 aromatic rings. The quantitative estimate of drug-likeness (QED) is 0.944. The van der Waals surface area contributed by atoms with E-state index in [1.54, 1.807) is 30.5 Å². The summed E-state index contributed by atoms with van der Waals surface area (Å²) < 4.78 is 30.4. The highest BCUT2D eigenvalue weighted by atomic mass is 32.2. The van der Waals surface area contributed by atoms with Crippen molar-refractivity contribution in [2.45, 2.75) is 23.0 Å². The Kier molecular flexibility index (Phi) is 3.63. The Hall–Kier alpha value is -1.59. The van der Waals surface area contributed by atoms with Crippen LogP contribution in [0.15, 0.2) is 52.0 Å². The van der Waals surface area contributed by atoms with E-state index in [0.29, 0.717) is 17.7 Å². The lowest BCUT2D eigenvalue weighted by molar-refractivity contribution is 0.496. The van der Waals surface area contributed by atoms with Crippen molar-refractivity contribution >= 4 is 9.84 Å². The average molecular weight is 291 g/mol. The van der Waals surface area contributed by atoms with Crippen molar-refractivity contribution in [3.05, 3.63) is 42.7 Å². The van der Waals surface area contributed by atoms with E-state index in [9.17, 15) is 8.42 Å². The zero-order valence-corrected chi connectivity index (χ0v) is 11.9. The molecular formula is C15H17NO3S. The van der Waals surface area contributed by atoms with Crippen LogP contribution < -0.4 is 5.32 Å². The van der Waals surface area contributed by atoms with Gasteiger partial charge in [-0.1, -0.05) is 0 Å². The third kappa shape index (κ3) is 2.51. The van der Waals surface area contributed by atoms with Gasteiger partial charge in [0.15, 0.2) is 9.84 Å². The maximum atomic E-state index is 12.5. The first-order chi connectivity index (χ1) is 9.68. The number of hydrogen-bond donors (Lipinski definition) is 1. The van der Waals surface area contributed by atoms with E-state index in [-0.39, 0.29) is 5.25 Å². The van der Waals surface area contributed by atoms with Gasteiger partial charge >= 0.3 is 0 Å². The molecule has 0 radical (unpaired) electrons. The number of rotatable bonds is 3. The van der Waals surface area contributed by atoms with Crippen LogP contribution in [-0.2, 0) is 9.84 Å². The summed E-state index contributed by atoms with van der Waals surface area (Å²) in [7, 11) is -3.22. The minimum Gasteiger partial charge on any atom is -0.464 e. The second-order valence-corrected chi connectivity index (χ2v) is 7.22. The van der Waals surface area contributed by atoms with Gasteiger partial charge in [-0.25, -0.2) is 8.42 Å². The van der Waals surface area contributed by atoms with Crippen molar-refractivity contribution in [2.75, 3.05) is 13.1 Å². The van der Waals surface area contributed by atoms with Crippen LogP contribution in [0.2, 0.25) is 0 Å². The summed E-state index contributed by atoms with van der Waals surface area (Å²) in [6.07, 6.45) is 2.97. The van der Waals surface area contributed by atoms with Crippen LogP contribution >= 0.6 is 0 Å². The van der Waals surface area contributed by atoms with Gasteiger partial charge < -0.3 is 9.73 Å². The van der Waals surface area contributed by atoms with E-state index in [1.165, 1.54) is 0 Å². The molecule has 1 aromatic heterocycles. The van der Waals surface area contributed by atoms with Crippen LogP contribution in [-0.4, -0.2) is 26.8 Å². The number of sulfone groups is 1. The van der Waals surface area contributed by atoms with Gasteiger partial charge in [-0.3, -0.25) is 0 Å². The third-order valence-electron chi connectivity index (χ3n) is 3.71. The summed E-state index contributed by atoms with van der Waals surface area (Å²) in [4.78, 5) is 0.403. The first kappa shape index (κ1) is 13.4. The molecule has 1 aliphatic rings. The molecule has 1 fully saturated rings. The molecule has 3 rings (SSSR count). The molecule has 5 heteroatoms. The topological polar surface area (TPSA) is 59.3 Å². The van der Waals surface area contributed by atoms with E-state index in [2.05, 4.69) is 5.32 Å². The summed E-state index contributed by atoms with van der Waals surface area (Å²) in [6, 6.07) is 10.6. The van der Waals surface area contributed by atoms with Gasteiger partial charge in [-0.15, -0.1) is 0 Å². The van der Waals surface area contributed by atoms with Crippen LogP contribution in [0, 0.1) is 0 Å². The van der Waals surface area contributed by atoms with Gasteiger partial charge in [0.25, 0.3) is 0 Å². The van der Waals surface area contributed by atoms with Crippen LogP contribution in [0.25, 0.3) is 11.3 Å². The molecule has 1 saturated heterocycles. The highest BCUT2D eigenvalue weighted by Gasteiger charge is 2.28. The Labute approximate surface area is 118 Å². The maximum Gasteiger partial charge on any atom is 0.181 e. The lowest BCUT2D eigenvalue weighted by Crippen LogP contribution is -2.35. The number of piperidine rings is 1. The highest BCUT2D eigenvalue weighted by molar-refractivity contribution is 7.92. The first-order valence-electron chi connectivity index (χ1n) is 6.76. The average Bonchev–Trinajstić information content (AvgIpc) is 3.02. The zero-order valence-electron chi connectivity index (χ0n) is 11.1. The molecule has 0 saturated carbocycles. The van der Waals surface area contributed by atoms with Gasteiger partial charge in [0.2, 0.25) is 0 Å². The van der Waals surface area contributed by atoms with Gasteiger partial charge in [-0.2, -0.15) is 0 Å². The molecule has 0 bridgehead atoms. The summed E-state index contributed by atoms with van der Waals surface area (Å²) in [5.74, 6) is 0.746. The lowest BCUT2D eigenvalue weighted by atomic mass is 10.2. The van der Waals surface area contributed by atoms with Gasteiger partial charge in [-0.05, 0) is 62.3 Å². The fourth-order valence-electron chi connectivity index (χ4n) is 2.55. The van der Waals surface area contributed by atoms with E-state index in [4.69, 9.17) is 4.42 Å². The molecule has 0 spiro atoms. The summed E-state index contributed by atoms with van der Waals surface area (Å²) in [6.45, 7) is 1.54. The predicted molar refractivity (Wildman–Crippen MR) is 77.2 cm³/mol. The van der Waals surface area contributed by atoms with Gasteiger partial charge in [0, 0.05) is 5.56 Å². The van der Waals surface area contributed by atoms with Crippen molar-refractivity contribution in [1.82, 2.24) is 5.32 Å². The summed E-state index contributed by atoms with van der Waals surface area (Å²) in [5.41, 5.74) is 0.888. The molecule has 0 amide bonds. The normalized spacial score (nSPS) is 17.2. The molecule has 0 unspecified atom stereocenters. The van der Waals surface area contributed by atoms with Crippen LogP contribution in [0.5, 0.6) is 0 Å².